The maximum absolute atomic E-state index is 12.9. The van der Waals surface area contributed by atoms with Crippen LogP contribution in [0.15, 0.2) is 24.3 Å². The van der Waals surface area contributed by atoms with E-state index in [-0.39, 0.29) is 24.1 Å². The molecule has 0 aliphatic carbocycles. The quantitative estimate of drug-likeness (QED) is 0.644. The molecule has 124 valence electrons. The van der Waals surface area contributed by atoms with Crippen molar-refractivity contribution in [3.8, 4) is 0 Å². The lowest BCUT2D eigenvalue weighted by Gasteiger charge is -2.21. The maximum atomic E-state index is 12.9. The summed E-state index contributed by atoms with van der Waals surface area (Å²) in [5.41, 5.74) is 0.852. The molecule has 0 spiro atoms. The SMILES string of the molecule is CCOC(=O)CN(CCCS(C)(=O)=O)Cc1ccc(F)cc1. The number of halogens is 1. The lowest BCUT2D eigenvalue weighted by atomic mass is 10.2. The van der Waals surface area contributed by atoms with E-state index in [1.165, 1.54) is 18.4 Å². The summed E-state index contributed by atoms with van der Waals surface area (Å²) in [4.78, 5) is 13.4. The van der Waals surface area contributed by atoms with Crippen molar-refractivity contribution in [2.75, 3.05) is 31.7 Å². The van der Waals surface area contributed by atoms with Crippen LogP contribution in [0.5, 0.6) is 0 Å². The van der Waals surface area contributed by atoms with Gasteiger partial charge in [0.25, 0.3) is 0 Å². The molecule has 0 saturated carbocycles. The summed E-state index contributed by atoms with van der Waals surface area (Å²) in [5.74, 6) is -0.614. The van der Waals surface area contributed by atoms with E-state index in [0.717, 1.165) is 5.56 Å². The predicted molar refractivity (Wildman–Crippen MR) is 82.6 cm³/mol. The van der Waals surface area contributed by atoms with Crippen LogP contribution in [0.1, 0.15) is 18.9 Å². The Labute approximate surface area is 131 Å². The standard InChI is InChI=1S/C15H22FNO4S/c1-3-21-15(18)12-17(9-4-10-22(2,19)20)11-13-5-7-14(16)8-6-13/h5-8H,3-4,9-12H2,1-2H3. The number of hydrogen-bond acceptors (Lipinski definition) is 5. The van der Waals surface area contributed by atoms with Gasteiger partial charge in [-0.25, -0.2) is 12.8 Å². The maximum Gasteiger partial charge on any atom is 0.320 e. The molecule has 7 heteroatoms. The first-order valence-corrected chi connectivity index (χ1v) is 9.16. The van der Waals surface area contributed by atoms with Crippen LogP contribution in [0, 0.1) is 5.82 Å². The van der Waals surface area contributed by atoms with Gasteiger partial charge in [-0.05, 0) is 31.0 Å². The highest BCUT2D eigenvalue weighted by molar-refractivity contribution is 7.90. The number of esters is 1. The Kier molecular flexibility index (Phi) is 7.47. The highest BCUT2D eigenvalue weighted by atomic mass is 32.2. The summed E-state index contributed by atoms with van der Waals surface area (Å²) >= 11 is 0. The van der Waals surface area contributed by atoms with Crippen LogP contribution >= 0.6 is 0 Å². The molecule has 0 bridgehead atoms. The van der Waals surface area contributed by atoms with Gasteiger partial charge in [0.05, 0.1) is 18.9 Å². The molecule has 5 nitrogen and oxygen atoms in total. The smallest absolute Gasteiger partial charge is 0.320 e. The van der Waals surface area contributed by atoms with Crippen molar-refractivity contribution in [1.29, 1.82) is 0 Å². The molecule has 1 rings (SSSR count). The van der Waals surface area contributed by atoms with Crippen LogP contribution in [0.4, 0.5) is 4.39 Å². The van der Waals surface area contributed by atoms with E-state index in [0.29, 0.717) is 26.1 Å². The first kappa shape index (κ1) is 18.6. The molecular formula is C15H22FNO4S. The molecule has 1 aromatic carbocycles. The Morgan fingerprint density at radius 1 is 1.27 bits per heavy atom. The molecule has 0 aromatic heterocycles. The summed E-state index contributed by atoms with van der Waals surface area (Å²) in [5, 5.41) is 0. The van der Waals surface area contributed by atoms with Crippen molar-refractivity contribution in [2.24, 2.45) is 0 Å². The van der Waals surface area contributed by atoms with Crippen LogP contribution < -0.4 is 0 Å². The van der Waals surface area contributed by atoms with Gasteiger partial charge in [0.1, 0.15) is 15.7 Å². The van der Waals surface area contributed by atoms with Crippen molar-refractivity contribution in [3.05, 3.63) is 35.6 Å². The second-order valence-corrected chi connectivity index (χ2v) is 7.39. The van der Waals surface area contributed by atoms with Gasteiger partial charge < -0.3 is 4.74 Å². The third kappa shape index (κ3) is 8.09. The van der Waals surface area contributed by atoms with Gasteiger partial charge in [-0.1, -0.05) is 12.1 Å². The van der Waals surface area contributed by atoms with E-state index >= 15 is 0 Å². The van der Waals surface area contributed by atoms with Gasteiger partial charge in [-0.3, -0.25) is 9.69 Å². The molecule has 0 radical (unpaired) electrons. The fraction of sp³-hybridized carbons (Fsp3) is 0.533. The number of carbonyl (C=O) groups excluding carboxylic acids is 1. The molecule has 0 fully saturated rings. The largest absolute Gasteiger partial charge is 0.465 e. The van der Waals surface area contributed by atoms with Crippen LogP contribution in [-0.2, 0) is 25.9 Å². The molecule has 0 N–H and O–H groups in total. The number of benzene rings is 1. The number of hydrogen-bond donors (Lipinski definition) is 0. The van der Waals surface area contributed by atoms with E-state index in [1.54, 1.807) is 24.0 Å². The first-order valence-electron chi connectivity index (χ1n) is 7.10. The number of rotatable bonds is 9. The van der Waals surface area contributed by atoms with E-state index in [1.807, 2.05) is 0 Å². The van der Waals surface area contributed by atoms with Gasteiger partial charge >= 0.3 is 5.97 Å². The van der Waals surface area contributed by atoms with E-state index in [9.17, 15) is 17.6 Å². The summed E-state index contributed by atoms with van der Waals surface area (Å²) in [6.07, 6.45) is 1.61. The van der Waals surface area contributed by atoms with Gasteiger partial charge in [-0.2, -0.15) is 0 Å². The Morgan fingerprint density at radius 2 is 1.91 bits per heavy atom. The minimum Gasteiger partial charge on any atom is -0.465 e. The predicted octanol–water partition coefficient (Wildman–Crippen LogP) is 1.63. The zero-order valence-electron chi connectivity index (χ0n) is 12.9. The normalized spacial score (nSPS) is 11.6. The first-order chi connectivity index (χ1) is 10.3. The zero-order valence-corrected chi connectivity index (χ0v) is 13.7. The van der Waals surface area contributed by atoms with Crippen LogP contribution in [-0.4, -0.2) is 51.0 Å². The highest BCUT2D eigenvalue weighted by Gasteiger charge is 2.13. The number of ether oxygens (including phenoxy) is 1. The number of sulfone groups is 1. The van der Waals surface area contributed by atoms with Gasteiger partial charge in [0.15, 0.2) is 0 Å². The molecule has 0 unspecified atom stereocenters. The fourth-order valence-corrected chi connectivity index (χ4v) is 2.66. The minimum absolute atomic E-state index is 0.0652. The fourth-order valence-electron chi connectivity index (χ4n) is 2.00. The molecule has 0 aliphatic rings. The van der Waals surface area contributed by atoms with Gasteiger partial charge in [0.2, 0.25) is 0 Å². The Hall–Kier alpha value is -1.47. The van der Waals surface area contributed by atoms with E-state index < -0.39 is 9.84 Å². The topological polar surface area (TPSA) is 63.7 Å². The highest BCUT2D eigenvalue weighted by Crippen LogP contribution is 2.08. The van der Waals surface area contributed by atoms with Crippen molar-refractivity contribution in [1.82, 2.24) is 4.90 Å². The Morgan fingerprint density at radius 3 is 2.45 bits per heavy atom. The summed E-state index contributed by atoms with van der Waals surface area (Å²) < 4.78 is 40.2. The molecule has 0 amide bonds. The number of nitrogens with zero attached hydrogens (tertiary/aromatic N) is 1. The third-order valence-corrected chi connectivity index (χ3v) is 4.00. The summed E-state index contributed by atoms with van der Waals surface area (Å²) in [7, 11) is -3.03. The van der Waals surface area contributed by atoms with Crippen molar-refractivity contribution < 1.29 is 22.3 Å². The van der Waals surface area contributed by atoms with Crippen molar-refractivity contribution >= 4 is 15.8 Å². The van der Waals surface area contributed by atoms with Gasteiger partial charge in [-0.15, -0.1) is 0 Å². The average molecular weight is 331 g/mol. The molecule has 0 saturated heterocycles. The summed E-state index contributed by atoms with van der Waals surface area (Å²) in [6, 6.07) is 6.00. The summed E-state index contributed by atoms with van der Waals surface area (Å²) in [6.45, 7) is 2.99. The second kappa shape index (κ2) is 8.85. The van der Waals surface area contributed by atoms with Crippen molar-refractivity contribution in [2.45, 2.75) is 19.9 Å². The Balaban J connectivity index is 2.63. The second-order valence-electron chi connectivity index (χ2n) is 5.13. The molecule has 0 aliphatic heterocycles. The molecule has 1 aromatic rings. The minimum atomic E-state index is -3.03. The Bertz CT molecular complexity index is 572. The zero-order chi connectivity index (χ0) is 16.6. The molecule has 0 heterocycles. The lowest BCUT2D eigenvalue weighted by molar-refractivity contribution is -0.144. The van der Waals surface area contributed by atoms with Crippen LogP contribution in [0.25, 0.3) is 0 Å². The van der Waals surface area contributed by atoms with Crippen LogP contribution in [0.2, 0.25) is 0 Å². The van der Waals surface area contributed by atoms with Crippen molar-refractivity contribution in [3.63, 3.8) is 0 Å². The van der Waals surface area contributed by atoms with E-state index in [4.69, 9.17) is 4.74 Å². The van der Waals surface area contributed by atoms with E-state index in [2.05, 4.69) is 0 Å². The van der Waals surface area contributed by atoms with Gasteiger partial charge in [0, 0.05) is 19.3 Å². The molecule has 0 atom stereocenters. The third-order valence-electron chi connectivity index (χ3n) is 2.97. The average Bonchev–Trinajstić information content (AvgIpc) is 2.40. The monoisotopic (exact) mass is 331 g/mol. The van der Waals surface area contributed by atoms with Crippen LogP contribution in [0.3, 0.4) is 0 Å². The molecular weight excluding hydrogens is 309 g/mol. The lowest BCUT2D eigenvalue weighted by Crippen LogP contribution is -2.32. The number of carbonyl (C=O) groups is 1. The molecule has 22 heavy (non-hydrogen) atoms.